The molecule has 0 spiro atoms. The molecule has 0 unspecified atom stereocenters. The highest BCUT2D eigenvalue weighted by atomic mass is 32.2. The standard InChI is InChI=1S/C27H21FN6O4S/c1-27(15-17-6-3-5-9-23(17)39(27,36)37)26(35)31-24-10-12-29-25(30-24)21-14-22(20-11-13-38-33-20)34(32-21)16-18-7-2-4-8-19(18)28/h2-14H,15-16H2,1H3,(H,29,30,31,35)/t27-/m1/s1. The molecule has 1 N–H and O–H groups in total. The summed E-state index contributed by atoms with van der Waals surface area (Å²) in [7, 11) is -3.91. The van der Waals surface area contributed by atoms with E-state index in [9.17, 15) is 17.6 Å². The van der Waals surface area contributed by atoms with Crippen LogP contribution in [0.25, 0.3) is 22.9 Å². The first-order valence-electron chi connectivity index (χ1n) is 12.0. The monoisotopic (exact) mass is 544 g/mol. The lowest BCUT2D eigenvalue weighted by Gasteiger charge is -2.21. The number of nitrogens with zero attached hydrogens (tertiary/aromatic N) is 5. The summed E-state index contributed by atoms with van der Waals surface area (Å²) in [5.74, 6) is -0.785. The van der Waals surface area contributed by atoms with Gasteiger partial charge in [-0.2, -0.15) is 5.10 Å². The zero-order valence-corrected chi connectivity index (χ0v) is 21.4. The summed E-state index contributed by atoms with van der Waals surface area (Å²) < 4.78 is 45.6. The molecule has 0 bridgehead atoms. The molecule has 5 aromatic rings. The van der Waals surface area contributed by atoms with Gasteiger partial charge in [0.15, 0.2) is 20.4 Å². The Morgan fingerprint density at radius 2 is 1.90 bits per heavy atom. The molecule has 196 valence electrons. The third kappa shape index (κ3) is 4.18. The molecule has 4 heterocycles. The van der Waals surface area contributed by atoms with Crippen molar-refractivity contribution in [1.29, 1.82) is 0 Å². The summed E-state index contributed by atoms with van der Waals surface area (Å²) in [4.78, 5) is 22.1. The van der Waals surface area contributed by atoms with Crippen molar-refractivity contribution in [3.63, 3.8) is 0 Å². The van der Waals surface area contributed by atoms with E-state index in [0.29, 0.717) is 28.2 Å². The Balaban J connectivity index is 1.31. The minimum absolute atomic E-state index is 0.0524. The lowest BCUT2D eigenvalue weighted by Crippen LogP contribution is -2.45. The van der Waals surface area contributed by atoms with Gasteiger partial charge in [0, 0.05) is 24.2 Å². The summed E-state index contributed by atoms with van der Waals surface area (Å²) in [6.45, 7) is 1.52. The van der Waals surface area contributed by atoms with Gasteiger partial charge >= 0.3 is 0 Å². The number of amides is 1. The molecule has 0 radical (unpaired) electrons. The van der Waals surface area contributed by atoms with Crippen LogP contribution < -0.4 is 5.32 Å². The third-order valence-electron chi connectivity index (χ3n) is 6.75. The molecule has 2 aromatic carbocycles. The Morgan fingerprint density at radius 1 is 1.10 bits per heavy atom. The second-order valence-electron chi connectivity index (χ2n) is 9.29. The van der Waals surface area contributed by atoms with Gasteiger partial charge in [0.1, 0.15) is 29.3 Å². The molecule has 1 amide bonds. The van der Waals surface area contributed by atoms with Crippen LogP contribution in [0.1, 0.15) is 18.1 Å². The van der Waals surface area contributed by atoms with Crippen molar-refractivity contribution < 1.29 is 22.1 Å². The number of hydrogen-bond donors (Lipinski definition) is 1. The number of rotatable bonds is 6. The van der Waals surface area contributed by atoms with Gasteiger partial charge in [0.25, 0.3) is 0 Å². The molecule has 1 atom stereocenters. The summed E-state index contributed by atoms with van der Waals surface area (Å²) >= 11 is 0. The van der Waals surface area contributed by atoms with E-state index in [-0.39, 0.29) is 35.3 Å². The second kappa shape index (κ2) is 9.24. The fraction of sp³-hybridized carbons (Fsp3) is 0.148. The van der Waals surface area contributed by atoms with Crippen molar-refractivity contribution >= 4 is 21.6 Å². The van der Waals surface area contributed by atoms with Gasteiger partial charge in [-0.15, -0.1) is 0 Å². The topological polar surface area (TPSA) is 133 Å². The molecule has 0 saturated carbocycles. The molecule has 1 aliphatic heterocycles. The fourth-order valence-electron chi connectivity index (χ4n) is 4.60. The number of fused-ring (bicyclic) bond motifs is 1. The SMILES string of the molecule is C[C@]1(C(=O)Nc2ccnc(-c3cc(-c4ccon4)n(Cc4ccccc4F)n3)n2)Cc2ccccc2S1(=O)=O. The molecule has 0 fully saturated rings. The lowest BCUT2D eigenvalue weighted by molar-refractivity contribution is -0.118. The van der Waals surface area contributed by atoms with E-state index >= 15 is 0 Å². The first kappa shape index (κ1) is 24.6. The number of aromatic nitrogens is 5. The van der Waals surface area contributed by atoms with E-state index in [1.54, 1.807) is 53.2 Å². The van der Waals surface area contributed by atoms with E-state index in [2.05, 4.69) is 25.5 Å². The molecular formula is C27H21FN6O4S. The smallest absolute Gasteiger partial charge is 0.247 e. The van der Waals surface area contributed by atoms with Crippen molar-refractivity contribution in [3.05, 3.63) is 96.1 Å². The lowest BCUT2D eigenvalue weighted by atomic mass is 10.00. The molecular weight excluding hydrogens is 523 g/mol. The van der Waals surface area contributed by atoms with Crippen LogP contribution in [0.5, 0.6) is 0 Å². The van der Waals surface area contributed by atoms with E-state index in [4.69, 9.17) is 4.52 Å². The van der Waals surface area contributed by atoms with Crippen molar-refractivity contribution in [3.8, 4) is 22.9 Å². The number of halogens is 1. The summed E-state index contributed by atoms with van der Waals surface area (Å²) in [5, 5.41) is 11.2. The van der Waals surface area contributed by atoms with Gasteiger partial charge < -0.3 is 9.84 Å². The number of hydrogen-bond acceptors (Lipinski definition) is 8. The molecule has 0 aliphatic carbocycles. The van der Waals surface area contributed by atoms with Gasteiger partial charge in [0.05, 0.1) is 17.1 Å². The van der Waals surface area contributed by atoms with Gasteiger partial charge in [-0.05, 0) is 36.8 Å². The fourth-order valence-corrected chi connectivity index (χ4v) is 6.47. The van der Waals surface area contributed by atoms with Crippen molar-refractivity contribution in [1.82, 2.24) is 24.9 Å². The minimum atomic E-state index is -3.91. The third-order valence-corrected chi connectivity index (χ3v) is 9.24. The van der Waals surface area contributed by atoms with Crippen molar-refractivity contribution in [2.45, 2.75) is 29.5 Å². The predicted octanol–water partition coefficient (Wildman–Crippen LogP) is 3.91. The van der Waals surface area contributed by atoms with Gasteiger partial charge in [0.2, 0.25) is 5.91 Å². The van der Waals surface area contributed by atoms with Gasteiger partial charge in [-0.25, -0.2) is 22.8 Å². The Bertz CT molecular complexity index is 1820. The van der Waals surface area contributed by atoms with Crippen LogP contribution in [0.3, 0.4) is 0 Å². The Hall–Kier alpha value is -4.71. The zero-order valence-electron chi connectivity index (χ0n) is 20.6. The number of nitrogens with one attached hydrogen (secondary N) is 1. The molecule has 1 aliphatic rings. The Morgan fingerprint density at radius 3 is 2.67 bits per heavy atom. The summed E-state index contributed by atoms with van der Waals surface area (Å²) in [6, 6.07) is 17.8. The van der Waals surface area contributed by atoms with Crippen molar-refractivity contribution in [2.75, 3.05) is 5.32 Å². The molecule has 6 rings (SSSR count). The number of carbonyl (C=O) groups excluding carboxylic acids is 1. The van der Waals surface area contributed by atoms with Gasteiger partial charge in [-0.1, -0.05) is 41.6 Å². The van der Waals surface area contributed by atoms with E-state index in [1.165, 1.54) is 37.6 Å². The molecule has 39 heavy (non-hydrogen) atoms. The number of benzene rings is 2. The van der Waals surface area contributed by atoms with Crippen LogP contribution in [0.4, 0.5) is 10.2 Å². The quantitative estimate of drug-likeness (QED) is 0.340. The number of carbonyl (C=O) groups is 1. The predicted molar refractivity (Wildman–Crippen MR) is 139 cm³/mol. The largest absolute Gasteiger partial charge is 0.364 e. The highest BCUT2D eigenvalue weighted by molar-refractivity contribution is 7.94. The normalized spacial score (nSPS) is 17.6. The van der Waals surface area contributed by atoms with Crippen LogP contribution in [-0.2, 0) is 27.6 Å². The minimum Gasteiger partial charge on any atom is -0.364 e. The average molecular weight is 545 g/mol. The first-order chi connectivity index (χ1) is 18.8. The average Bonchev–Trinajstić information content (AvgIpc) is 3.64. The van der Waals surface area contributed by atoms with Crippen LogP contribution in [0, 0.1) is 5.82 Å². The molecule has 0 saturated heterocycles. The number of anilines is 1. The zero-order chi connectivity index (χ0) is 27.2. The maximum atomic E-state index is 14.4. The van der Waals surface area contributed by atoms with Gasteiger partial charge in [-0.3, -0.25) is 9.48 Å². The van der Waals surface area contributed by atoms with Crippen LogP contribution in [0.15, 0.2) is 88.6 Å². The Kier molecular flexibility index (Phi) is 5.83. The Labute approximate surface area is 222 Å². The van der Waals surface area contributed by atoms with E-state index in [0.717, 1.165) is 0 Å². The highest BCUT2D eigenvalue weighted by Crippen LogP contribution is 2.39. The van der Waals surface area contributed by atoms with E-state index < -0.39 is 20.5 Å². The highest BCUT2D eigenvalue weighted by Gasteiger charge is 2.53. The number of sulfone groups is 1. The summed E-state index contributed by atoms with van der Waals surface area (Å²) in [6.07, 6.45) is 2.90. The first-order valence-corrected chi connectivity index (χ1v) is 13.4. The van der Waals surface area contributed by atoms with Crippen LogP contribution in [0.2, 0.25) is 0 Å². The van der Waals surface area contributed by atoms with Crippen LogP contribution in [-0.4, -0.2) is 44.0 Å². The van der Waals surface area contributed by atoms with Crippen molar-refractivity contribution in [2.24, 2.45) is 0 Å². The molecule has 3 aromatic heterocycles. The molecule has 12 heteroatoms. The summed E-state index contributed by atoms with van der Waals surface area (Å²) in [5.41, 5.74) is 2.38. The van der Waals surface area contributed by atoms with Crippen LogP contribution >= 0.6 is 0 Å². The maximum Gasteiger partial charge on any atom is 0.247 e. The maximum absolute atomic E-state index is 14.4. The molecule has 10 nitrogen and oxygen atoms in total. The second-order valence-corrected chi connectivity index (χ2v) is 11.6. The van der Waals surface area contributed by atoms with E-state index in [1.807, 2.05) is 0 Å².